The van der Waals surface area contributed by atoms with Crippen LogP contribution in [0.2, 0.25) is 0 Å². The van der Waals surface area contributed by atoms with Crippen molar-refractivity contribution in [2.45, 2.75) is 6.92 Å². The monoisotopic (exact) mass is 263 g/mol. The van der Waals surface area contributed by atoms with Gasteiger partial charge in [0.1, 0.15) is 0 Å². The number of allylic oxidation sites excluding steroid dienone is 2. The van der Waals surface area contributed by atoms with Gasteiger partial charge in [0.15, 0.2) is 0 Å². The second-order valence-electron chi connectivity index (χ2n) is 4.25. The quantitative estimate of drug-likeness (QED) is 0.516. The van der Waals surface area contributed by atoms with E-state index in [9.17, 15) is 0 Å². The van der Waals surface area contributed by atoms with Crippen LogP contribution >= 0.6 is 0 Å². The Kier molecular flexibility index (Phi) is 4.45. The van der Waals surface area contributed by atoms with Crippen molar-refractivity contribution >= 4 is 17.5 Å². The van der Waals surface area contributed by atoms with Gasteiger partial charge >= 0.3 is 0 Å². The lowest BCUT2D eigenvalue weighted by molar-refractivity contribution is 1.28. The molecule has 0 radical (unpaired) electrons. The molecule has 2 aromatic rings. The number of nitrogens with two attached hydrogens (primary N) is 1. The summed E-state index contributed by atoms with van der Waals surface area (Å²) in [6.45, 7) is 5.65. The largest absolute Gasteiger partial charge is 0.399 e. The summed E-state index contributed by atoms with van der Waals surface area (Å²) < 4.78 is 0. The van der Waals surface area contributed by atoms with E-state index in [1.54, 1.807) is 18.5 Å². The van der Waals surface area contributed by atoms with E-state index in [1.165, 1.54) is 0 Å². The maximum Gasteiger partial charge on any atom is 0.0717 e. The molecule has 3 nitrogen and oxygen atoms in total. The number of hydrogen-bond donors (Lipinski definition) is 1. The van der Waals surface area contributed by atoms with Gasteiger partial charge in [0.05, 0.1) is 5.69 Å². The Balaban J connectivity index is 2.30. The summed E-state index contributed by atoms with van der Waals surface area (Å²) in [6.07, 6.45) is 7.07. The zero-order valence-corrected chi connectivity index (χ0v) is 11.5. The number of pyridine rings is 1. The molecule has 100 valence electrons. The average molecular weight is 263 g/mol. The van der Waals surface area contributed by atoms with Crippen molar-refractivity contribution in [3.8, 4) is 11.1 Å². The van der Waals surface area contributed by atoms with Gasteiger partial charge in [0, 0.05) is 35.4 Å². The summed E-state index contributed by atoms with van der Waals surface area (Å²) in [5.74, 6) is 0. The molecule has 2 N–H and O–H groups in total. The van der Waals surface area contributed by atoms with E-state index in [4.69, 9.17) is 5.73 Å². The number of aromatic nitrogens is 1. The highest BCUT2D eigenvalue weighted by atomic mass is 14.7. The minimum Gasteiger partial charge on any atom is -0.399 e. The van der Waals surface area contributed by atoms with Crippen LogP contribution in [0.1, 0.15) is 12.6 Å². The zero-order valence-electron chi connectivity index (χ0n) is 11.5. The molecule has 0 fully saturated rings. The van der Waals surface area contributed by atoms with Gasteiger partial charge in [-0.05, 0) is 30.7 Å². The lowest BCUT2D eigenvalue weighted by atomic mass is 10.1. The highest BCUT2D eigenvalue weighted by Crippen LogP contribution is 2.21. The van der Waals surface area contributed by atoms with Gasteiger partial charge in [-0.2, -0.15) is 0 Å². The van der Waals surface area contributed by atoms with Gasteiger partial charge in [0.2, 0.25) is 0 Å². The Bertz CT molecular complexity index is 635. The van der Waals surface area contributed by atoms with Gasteiger partial charge in [0.25, 0.3) is 0 Å². The molecule has 1 aromatic carbocycles. The third-order valence-electron chi connectivity index (χ3n) is 2.89. The molecule has 0 aliphatic rings. The first-order valence-electron chi connectivity index (χ1n) is 6.37. The third kappa shape index (κ3) is 3.20. The van der Waals surface area contributed by atoms with Gasteiger partial charge in [-0.15, -0.1) is 0 Å². The van der Waals surface area contributed by atoms with E-state index in [-0.39, 0.29) is 0 Å². The van der Waals surface area contributed by atoms with Crippen molar-refractivity contribution in [1.29, 1.82) is 0 Å². The Labute approximate surface area is 119 Å². The third-order valence-corrected chi connectivity index (χ3v) is 2.89. The lowest BCUT2D eigenvalue weighted by Gasteiger charge is -2.04. The fourth-order valence-electron chi connectivity index (χ4n) is 1.79. The standard InChI is InChI=1S/C17H17N3/c1-3-13(11-19-4-2)17-10-7-15(12-20-17)14-5-8-16(18)9-6-14/h3-12H,1,18H2,2H3/b13-11+,19-4?. The summed E-state index contributed by atoms with van der Waals surface area (Å²) in [4.78, 5) is 8.55. The first-order valence-corrected chi connectivity index (χ1v) is 6.37. The number of nitrogens with zero attached hydrogens (tertiary/aromatic N) is 2. The van der Waals surface area contributed by atoms with Crippen LogP contribution in [-0.2, 0) is 0 Å². The average Bonchev–Trinajstić information content (AvgIpc) is 2.49. The number of aliphatic imine (C=N–C) groups is 1. The maximum atomic E-state index is 5.69. The fraction of sp³-hybridized carbons (Fsp3) is 0.0588. The summed E-state index contributed by atoms with van der Waals surface area (Å²) in [7, 11) is 0. The Morgan fingerprint density at radius 3 is 2.40 bits per heavy atom. The zero-order chi connectivity index (χ0) is 14.4. The van der Waals surface area contributed by atoms with Crippen LogP contribution in [0, 0.1) is 0 Å². The van der Waals surface area contributed by atoms with E-state index in [0.29, 0.717) is 0 Å². The van der Waals surface area contributed by atoms with Crippen molar-refractivity contribution in [1.82, 2.24) is 4.98 Å². The summed E-state index contributed by atoms with van der Waals surface area (Å²) in [6, 6.07) is 11.7. The van der Waals surface area contributed by atoms with Crippen molar-refractivity contribution in [2.75, 3.05) is 5.73 Å². The Morgan fingerprint density at radius 2 is 1.85 bits per heavy atom. The lowest BCUT2D eigenvalue weighted by Crippen LogP contribution is -1.88. The topological polar surface area (TPSA) is 51.3 Å². The molecule has 0 aliphatic heterocycles. The molecule has 0 saturated heterocycles. The normalized spacial score (nSPS) is 11.8. The molecule has 2 rings (SSSR count). The predicted molar refractivity (Wildman–Crippen MR) is 86.4 cm³/mol. The second kappa shape index (κ2) is 6.48. The minimum absolute atomic E-state index is 0.757. The molecular weight excluding hydrogens is 246 g/mol. The molecular formula is C17H17N3. The Hall–Kier alpha value is -2.68. The molecule has 20 heavy (non-hydrogen) atoms. The highest BCUT2D eigenvalue weighted by molar-refractivity contribution is 5.74. The van der Waals surface area contributed by atoms with Gasteiger partial charge in [-0.25, -0.2) is 0 Å². The van der Waals surface area contributed by atoms with Crippen LogP contribution < -0.4 is 5.73 Å². The molecule has 0 saturated carbocycles. The van der Waals surface area contributed by atoms with Crippen LogP contribution in [-0.4, -0.2) is 11.2 Å². The summed E-state index contributed by atoms with van der Waals surface area (Å²) >= 11 is 0. The van der Waals surface area contributed by atoms with Crippen molar-refractivity contribution in [3.05, 3.63) is 67.1 Å². The molecule has 0 atom stereocenters. The minimum atomic E-state index is 0.757. The Morgan fingerprint density at radius 1 is 1.15 bits per heavy atom. The molecule has 0 unspecified atom stereocenters. The maximum absolute atomic E-state index is 5.69. The summed E-state index contributed by atoms with van der Waals surface area (Å²) in [5.41, 5.74) is 10.3. The van der Waals surface area contributed by atoms with E-state index in [1.807, 2.05) is 49.5 Å². The molecule has 0 aliphatic carbocycles. The first kappa shape index (κ1) is 13.7. The number of hydrogen-bond acceptors (Lipinski definition) is 3. The van der Waals surface area contributed by atoms with E-state index < -0.39 is 0 Å². The van der Waals surface area contributed by atoms with Crippen LogP contribution in [0.15, 0.2) is 66.4 Å². The number of nitrogen functional groups attached to an aromatic ring is 1. The molecule has 3 heteroatoms. The van der Waals surface area contributed by atoms with Crippen LogP contribution in [0.5, 0.6) is 0 Å². The fourth-order valence-corrected chi connectivity index (χ4v) is 1.79. The van der Waals surface area contributed by atoms with Gasteiger partial charge in [-0.3, -0.25) is 9.98 Å². The van der Waals surface area contributed by atoms with Crippen molar-refractivity contribution in [2.24, 2.45) is 4.99 Å². The smallest absolute Gasteiger partial charge is 0.0717 e. The molecule has 0 amide bonds. The second-order valence-corrected chi connectivity index (χ2v) is 4.25. The van der Waals surface area contributed by atoms with Crippen LogP contribution in [0.3, 0.4) is 0 Å². The first-order chi connectivity index (χ1) is 9.74. The molecule has 1 heterocycles. The molecule has 1 aromatic heterocycles. The number of rotatable bonds is 4. The van der Waals surface area contributed by atoms with E-state index in [0.717, 1.165) is 28.1 Å². The van der Waals surface area contributed by atoms with Crippen molar-refractivity contribution in [3.63, 3.8) is 0 Å². The molecule has 0 spiro atoms. The highest BCUT2D eigenvalue weighted by Gasteiger charge is 2.01. The summed E-state index contributed by atoms with van der Waals surface area (Å²) in [5, 5.41) is 0. The van der Waals surface area contributed by atoms with E-state index in [2.05, 4.69) is 16.6 Å². The van der Waals surface area contributed by atoms with Crippen LogP contribution in [0.4, 0.5) is 5.69 Å². The van der Waals surface area contributed by atoms with Gasteiger partial charge < -0.3 is 5.73 Å². The van der Waals surface area contributed by atoms with Crippen LogP contribution in [0.25, 0.3) is 16.7 Å². The molecule has 0 bridgehead atoms. The predicted octanol–water partition coefficient (Wildman–Crippen LogP) is 3.95. The van der Waals surface area contributed by atoms with Gasteiger partial charge in [-0.1, -0.05) is 30.9 Å². The SMILES string of the molecule is C=C/C(=C\N=CC)c1ccc(-c2ccc(N)cc2)cn1. The number of anilines is 1. The number of benzene rings is 1. The van der Waals surface area contributed by atoms with Crippen molar-refractivity contribution < 1.29 is 0 Å². The van der Waals surface area contributed by atoms with E-state index >= 15 is 0 Å².